The van der Waals surface area contributed by atoms with Gasteiger partial charge in [0.15, 0.2) is 0 Å². The van der Waals surface area contributed by atoms with Crippen LogP contribution in [0.5, 0.6) is 11.5 Å². The Morgan fingerprint density at radius 3 is 2.45 bits per heavy atom. The zero-order valence-corrected chi connectivity index (χ0v) is 17.6. The van der Waals surface area contributed by atoms with Crippen LogP contribution in [0.3, 0.4) is 0 Å². The van der Waals surface area contributed by atoms with Gasteiger partial charge in [-0.05, 0) is 30.3 Å². The number of H-pyrrole nitrogens is 1. The lowest BCUT2D eigenvalue weighted by atomic mass is 9.94. The van der Waals surface area contributed by atoms with Gasteiger partial charge in [0, 0.05) is 22.7 Å². The van der Waals surface area contributed by atoms with Crippen LogP contribution in [0.2, 0.25) is 0 Å². The number of amides is 1. The minimum Gasteiger partial charge on any atom is -0.507 e. The number of benzene rings is 3. The summed E-state index contributed by atoms with van der Waals surface area (Å²) in [6.45, 7) is 0. The van der Waals surface area contributed by atoms with E-state index < -0.39 is 17.7 Å². The Morgan fingerprint density at radius 1 is 0.970 bits per heavy atom. The molecule has 0 bridgehead atoms. The van der Waals surface area contributed by atoms with Gasteiger partial charge in [-0.2, -0.15) is 0 Å². The van der Waals surface area contributed by atoms with Gasteiger partial charge in [-0.25, -0.2) is 0 Å². The summed E-state index contributed by atoms with van der Waals surface area (Å²) >= 11 is 0. The molecule has 7 heteroatoms. The summed E-state index contributed by atoms with van der Waals surface area (Å²) in [7, 11) is 1.46. The number of aliphatic hydroxyl groups is 1. The molecule has 164 valence electrons. The van der Waals surface area contributed by atoms with Crippen LogP contribution < -0.4 is 9.64 Å². The number of hydrogen-bond acceptors (Lipinski definition) is 5. The van der Waals surface area contributed by atoms with Crippen LogP contribution in [-0.2, 0) is 9.59 Å². The number of aromatic amines is 1. The van der Waals surface area contributed by atoms with Crippen molar-refractivity contribution in [3.63, 3.8) is 0 Å². The van der Waals surface area contributed by atoms with Crippen molar-refractivity contribution in [2.24, 2.45) is 0 Å². The number of ether oxygens (including phenoxy) is 1. The molecule has 1 aliphatic rings. The van der Waals surface area contributed by atoms with Crippen molar-refractivity contribution in [3.05, 3.63) is 95.7 Å². The van der Waals surface area contributed by atoms with Crippen molar-refractivity contribution in [2.75, 3.05) is 12.0 Å². The molecule has 3 N–H and O–H groups in total. The van der Waals surface area contributed by atoms with Crippen LogP contribution in [0.15, 0.2) is 84.6 Å². The maximum atomic E-state index is 13.3. The lowest BCUT2D eigenvalue weighted by Crippen LogP contribution is -2.29. The number of anilines is 1. The smallest absolute Gasteiger partial charge is 0.300 e. The molecule has 7 nitrogen and oxygen atoms in total. The summed E-state index contributed by atoms with van der Waals surface area (Å²) in [5.41, 5.74) is 1.81. The van der Waals surface area contributed by atoms with E-state index in [0.717, 1.165) is 10.9 Å². The fourth-order valence-electron chi connectivity index (χ4n) is 4.35. The number of phenols is 1. The number of para-hydroxylation sites is 4. The number of carbonyl (C=O) groups excluding carboxylic acids is 2. The van der Waals surface area contributed by atoms with E-state index in [1.807, 2.05) is 24.3 Å². The minimum atomic E-state index is -0.973. The van der Waals surface area contributed by atoms with E-state index in [1.165, 1.54) is 18.1 Å². The van der Waals surface area contributed by atoms with Crippen molar-refractivity contribution in [2.45, 2.75) is 6.04 Å². The van der Waals surface area contributed by atoms with Gasteiger partial charge >= 0.3 is 0 Å². The number of fused-ring (bicyclic) bond motifs is 1. The van der Waals surface area contributed by atoms with Crippen molar-refractivity contribution < 1.29 is 24.5 Å². The van der Waals surface area contributed by atoms with E-state index in [2.05, 4.69) is 4.98 Å². The lowest BCUT2D eigenvalue weighted by Gasteiger charge is -2.25. The highest BCUT2D eigenvalue weighted by Crippen LogP contribution is 2.46. The zero-order valence-electron chi connectivity index (χ0n) is 17.6. The third kappa shape index (κ3) is 3.13. The number of aromatic nitrogens is 1. The fourth-order valence-corrected chi connectivity index (χ4v) is 4.35. The van der Waals surface area contributed by atoms with Crippen molar-refractivity contribution in [1.29, 1.82) is 0 Å². The molecule has 3 aromatic carbocycles. The average Bonchev–Trinajstić information content (AvgIpc) is 3.38. The average molecular weight is 440 g/mol. The number of aromatic hydroxyl groups is 1. The van der Waals surface area contributed by atoms with E-state index in [4.69, 9.17) is 4.74 Å². The van der Waals surface area contributed by atoms with Gasteiger partial charge in [-0.1, -0.05) is 42.5 Å². The predicted octanol–water partition coefficient (Wildman–Crippen LogP) is 4.51. The van der Waals surface area contributed by atoms with Crippen LogP contribution in [-0.4, -0.2) is 34.0 Å². The van der Waals surface area contributed by atoms with Crippen molar-refractivity contribution >= 4 is 34.0 Å². The molecule has 0 radical (unpaired) electrons. The molecule has 1 atom stereocenters. The molecule has 1 unspecified atom stereocenters. The van der Waals surface area contributed by atoms with Gasteiger partial charge in [0.25, 0.3) is 11.7 Å². The molecule has 4 aromatic rings. The molecule has 1 aromatic heterocycles. The molecule has 1 amide bonds. The second-order valence-electron chi connectivity index (χ2n) is 7.65. The number of hydrogen-bond donors (Lipinski definition) is 3. The normalized spacial score (nSPS) is 17.6. The van der Waals surface area contributed by atoms with E-state index in [0.29, 0.717) is 16.9 Å². The number of phenolic OH excluding ortho intramolecular Hbond substituents is 1. The number of nitrogens with zero attached hydrogens (tertiary/aromatic N) is 1. The summed E-state index contributed by atoms with van der Waals surface area (Å²) in [6.07, 6.45) is 1.71. The Labute approximate surface area is 189 Å². The Kier molecular flexibility index (Phi) is 4.86. The summed E-state index contributed by atoms with van der Waals surface area (Å²) in [5.74, 6) is -1.83. The predicted molar refractivity (Wildman–Crippen MR) is 124 cm³/mol. The molecule has 33 heavy (non-hydrogen) atoms. The first kappa shape index (κ1) is 20.4. The fraction of sp³-hybridized carbons (Fsp3) is 0.0769. The first-order valence-corrected chi connectivity index (χ1v) is 10.3. The van der Waals surface area contributed by atoms with Crippen LogP contribution >= 0.6 is 0 Å². The summed E-state index contributed by atoms with van der Waals surface area (Å²) in [4.78, 5) is 31.0. The molecule has 0 saturated carbocycles. The van der Waals surface area contributed by atoms with Gasteiger partial charge in [0.1, 0.15) is 17.3 Å². The summed E-state index contributed by atoms with van der Waals surface area (Å²) in [5, 5.41) is 22.6. The zero-order chi connectivity index (χ0) is 23.1. The number of Topliss-reactive ketones (excluding diaryl/α,β-unsaturated/α-hetero) is 1. The molecule has 0 aliphatic carbocycles. The number of nitrogens with one attached hydrogen (secondary N) is 1. The van der Waals surface area contributed by atoms with Crippen LogP contribution in [0.25, 0.3) is 16.7 Å². The Bertz CT molecular complexity index is 1440. The second kappa shape index (κ2) is 7.87. The topological polar surface area (TPSA) is 103 Å². The second-order valence-corrected chi connectivity index (χ2v) is 7.65. The van der Waals surface area contributed by atoms with E-state index in [9.17, 15) is 19.8 Å². The van der Waals surface area contributed by atoms with Gasteiger partial charge in [0.05, 0.1) is 30.0 Å². The quantitative estimate of drug-likeness (QED) is 0.246. The van der Waals surface area contributed by atoms with Gasteiger partial charge < -0.3 is 19.9 Å². The third-order valence-electron chi connectivity index (χ3n) is 5.86. The van der Waals surface area contributed by atoms with Crippen molar-refractivity contribution in [1.82, 2.24) is 4.98 Å². The standard InChI is InChI=1S/C26H20N2O5/c1-33-21-13-7-3-9-16(21)24(30)22-23(17-14-27-18-10-4-2-8-15(17)18)28(26(32)25(22)31)19-11-5-6-12-20(19)29/h2-14,23,27,29-30H,1H3/b24-22+. The molecular weight excluding hydrogens is 420 g/mol. The highest BCUT2D eigenvalue weighted by Gasteiger charge is 2.48. The lowest BCUT2D eigenvalue weighted by molar-refractivity contribution is -0.132. The highest BCUT2D eigenvalue weighted by molar-refractivity contribution is 6.52. The van der Waals surface area contributed by atoms with Crippen LogP contribution in [0.1, 0.15) is 17.2 Å². The summed E-state index contributed by atoms with van der Waals surface area (Å²) < 4.78 is 5.36. The van der Waals surface area contributed by atoms with E-state index in [1.54, 1.807) is 48.7 Å². The highest BCUT2D eigenvalue weighted by atomic mass is 16.5. The molecule has 1 saturated heterocycles. The number of rotatable bonds is 4. The SMILES string of the molecule is COc1ccccc1/C(O)=C1\C(=O)C(=O)N(c2ccccc2O)C1c1c[nH]c2ccccc12. The number of ketones is 1. The van der Waals surface area contributed by atoms with Gasteiger partial charge in [-0.3, -0.25) is 14.5 Å². The van der Waals surface area contributed by atoms with E-state index >= 15 is 0 Å². The Morgan fingerprint density at radius 2 is 1.67 bits per heavy atom. The number of carbonyl (C=O) groups is 2. The van der Waals surface area contributed by atoms with Crippen molar-refractivity contribution in [3.8, 4) is 11.5 Å². The maximum absolute atomic E-state index is 13.3. The molecule has 5 rings (SSSR count). The Balaban J connectivity index is 1.82. The molecule has 1 fully saturated rings. The number of aliphatic hydroxyl groups excluding tert-OH is 1. The maximum Gasteiger partial charge on any atom is 0.300 e. The molecular formula is C26H20N2O5. The molecule has 1 aliphatic heterocycles. The first-order valence-electron chi connectivity index (χ1n) is 10.3. The number of methoxy groups -OCH3 is 1. The largest absolute Gasteiger partial charge is 0.507 e. The monoisotopic (exact) mass is 440 g/mol. The van der Waals surface area contributed by atoms with Crippen LogP contribution in [0, 0.1) is 0 Å². The van der Waals surface area contributed by atoms with Gasteiger partial charge in [0.2, 0.25) is 0 Å². The summed E-state index contributed by atoms with van der Waals surface area (Å²) in [6, 6.07) is 19.5. The molecule has 0 spiro atoms. The molecule has 2 heterocycles. The van der Waals surface area contributed by atoms with Crippen LogP contribution in [0.4, 0.5) is 5.69 Å². The van der Waals surface area contributed by atoms with E-state index in [-0.39, 0.29) is 22.8 Å². The van der Waals surface area contributed by atoms with Gasteiger partial charge in [-0.15, -0.1) is 0 Å². The first-order chi connectivity index (χ1) is 16.0. The third-order valence-corrected chi connectivity index (χ3v) is 5.86. The minimum absolute atomic E-state index is 0.0856. The Hall–Kier alpha value is -4.52.